The van der Waals surface area contributed by atoms with Gasteiger partial charge in [0.05, 0.1) is 44.4 Å². The van der Waals surface area contributed by atoms with E-state index in [1.807, 2.05) is 14.7 Å². The van der Waals surface area contributed by atoms with Gasteiger partial charge in [-0.05, 0) is 72.4 Å². The summed E-state index contributed by atoms with van der Waals surface area (Å²) in [5.74, 6) is -3.42. The van der Waals surface area contributed by atoms with Gasteiger partial charge in [0.1, 0.15) is 110 Å². The minimum Gasteiger partial charge on any atom is -0.390 e. The lowest BCUT2D eigenvalue weighted by Crippen LogP contribution is -2.69. The Hall–Kier alpha value is -3.49. The molecule has 498 valence electrons. The monoisotopic (exact) mass is 1310 g/mol. The molecule has 3 aromatic carbocycles. The highest BCUT2D eigenvalue weighted by Gasteiger charge is 2.59. The smallest absolute Gasteiger partial charge is 0.390 e. The van der Waals surface area contributed by atoms with Crippen LogP contribution in [0.15, 0.2) is 72.8 Å². The summed E-state index contributed by atoms with van der Waals surface area (Å²) < 4.78 is 15.8. The normalized spacial score (nSPS) is 37.9. The van der Waals surface area contributed by atoms with Crippen molar-refractivity contribution in [3.63, 3.8) is 0 Å². The van der Waals surface area contributed by atoms with Gasteiger partial charge in [-0.25, -0.2) is 0 Å². The van der Waals surface area contributed by atoms with Crippen LogP contribution < -0.4 is 14.7 Å². The standard InChI is InChI=1S/C52H83N3O30Si3/c56-30-19-32(58)50(74)52(76,51(75)48(73)35(30)60)85-88(81,82)18-15-26-5-11-29(12-6-26)55-22-53(27-7-1-24(2-8-27)13-16-86(77,78)83-33-20-31(57)34(59)37(62)39(64)40(65)38(63)36(33)61)21-54(23-55)28-9-3-25(4-10-28)14-17-87(79,80)84-49-46(71)44(69)42(67)41(66)43(68)45(70)47(49)72/h1-12,30-51,56-82H,13-23H2/t30?,31?,32-,33?,34+,35+,36-,37?,38?,39?,40?,41?,42+,43?,44?,45?,46+,47?,48?,49+,50-,51?,52?/m1/s1. The van der Waals surface area contributed by atoms with Gasteiger partial charge in [-0.3, -0.25) is 0 Å². The lowest BCUT2D eigenvalue weighted by atomic mass is 9.84. The van der Waals surface area contributed by atoms with Gasteiger partial charge in [-0.1, -0.05) is 36.4 Å². The second kappa shape index (κ2) is 29.2. The molecule has 1 saturated heterocycles. The van der Waals surface area contributed by atoms with Crippen molar-refractivity contribution in [2.24, 2.45) is 0 Å². The van der Waals surface area contributed by atoms with Crippen molar-refractivity contribution in [1.82, 2.24) is 0 Å². The first-order valence-electron chi connectivity index (χ1n) is 28.2. The van der Waals surface area contributed by atoms with Crippen molar-refractivity contribution in [1.29, 1.82) is 0 Å². The Morgan fingerprint density at radius 3 is 1.03 bits per heavy atom. The number of aryl methyl sites for hydroxylation is 3. The van der Waals surface area contributed by atoms with Crippen molar-refractivity contribution in [3.8, 4) is 0 Å². The predicted octanol–water partition coefficient (Wildman–Crippen LogP) is -11.7. The molecule has 15 unspecified atom stereocenters. The van der Waals surface area contributed by atoms with Crippen LogP contribution in [0.1, 0.15) is 29.5 Å². The van der Waals surface area contributed by atoms with E-state index in [0.717, 1.165) is 0 Å². The number of aliphatic hydroxyl groups is 21. The maximum Gasteiger partial charge on any atom is 0.498 e. The van der Waals surface area contributed by atoms with E-state index in [2.05, 4.69) is 0 Å². The topological polar surface area (TPSA) is 584 Å². The molecule has 0 radical (unpaired) electrons. The maximum absolute atomic E-state index is 11.2. The molecule has 3 aliphatic carbocycles. The van der Waals surface area contributed by atoms with Gasteiger partial charge in [0.2, 0.25) is 5.79 Å². The molecule has 27 N–H and O–H groups in total. The second-order valence-corrected chi connectivity index (χ2v) is 29.9. The lowest BCUT2D eigenvalue weighted by Gasteiger charge is -2.45. The number of nitrogens with zero attached hydrogens (tertiary/aromatic N) is 3. The first kappa shape index (κ1) is 71.9. The number of hydrogen-bond acceptors (Lipinski definition) is 33. The molecule has 88 heavy (non-hydrogen) atoms. The Bertz CT molecular complexity index is 2650. The van der Waals surface area contributed by atoms with Crippen molar-refractivity contribution >= 4 is 43.5 Å². The average Bonchev–Trinajstić information content (AvgIpc) is 1.01. The van der Waals surface area contributed by atoms with Crippen LogP contribution in [0.4, 0.5) is 17.1 Å². The molecule has 0 spiro atoms. The summed E-state index contributed by atoms with van der Waals surface area (Å²) in [6, 6.07) is 18.8. The van der Waals surface area contributed by atoms with Gasteiger partial charge in [0.15, 0.2) is 0 Å². The SMILES string of the molecule is OC1C(O)C(O)[C@@H](O)C(O)CC(O[Si](O)(O)CCc2ccc(N3CN(c4ccc(CC[Si](O)(O)O[C@@H]5C(O)C(O)C(O)C(O)[C@H](O)C(O)[C@@H]5O)cc4)CN(c4ccc(CC[Si](O)(O)OC5(O)C(O)C(O)[C@@H](O)C(O)C[C@@H](O)[C@H]5O)cc4)C3)cc2)[C@@H](O)C1O. The molecule has 0 bridgehead atoms. The van der Waals surface area contributed by atoms with E-state index in [9.17, 15) is 136 Å². The minimum atomic E-state index is -5.13. The van der Waals surface area contributed by atoms with E-state index >= 15 is 0 Å². The molecule has 23 atom stereocenters. The van der Waals surface area contributed by atoms with Crippen LogP contribution in [-0.2, 0) is 32.5 Å². The summed E-state index contributed by atoms with van der Waals surface area (Å²) in [4.78, 5) is 71.9. The van der Waals surface area contributed by atoms with Crippen molar-refractivity contribution in [2.45, 2.75) is 190 Å². The van der Waals surface area contributed by atoms with E-state index in [1.54, 1.807) is 72.8 Å². The van der Waals surface area contributed by atoms with Gasteiger partial charge in [-0.15, -0.1) is 0 Å². The molecule has 0 amide bonds. The molecule has 1 aliphatic heterocycles. The largest absolute Gasteiger partial charge is 0.498 e. The Kier molecular flexibility index (Phi) is 23.9. The second-order valence-electron chi connectivity index (χ2n) is 23.3. The van der Waals surface area contributed by atoms with E-state index < -0.39 is 197 Å². The number of benzene rings is 3. The van der Waals surface area contributed by atoms with Gasteiger partial charge in [0, 0.05) is 48.0 Å². The number of rotatable bonds is 18. The summed E-state index contributed by atoms with van der Waals surface area (Å²) in [5.41, 5.74) is 3.49. The first-order valence-corrected chi connectivity index (χ1v) is 34.2. The third kappa shape index (κ3) is 16.8. The first-order chi connectivity index (χ1) is 41.0. The van der Waals surface area contributed by atoms with E-state index in [-0.39, 0.29) is 39.3 Å². The molecular formula is C52H83N3O30Si3. The van der Waals surface area contributed by atoms with Gasteiger partial charge in [0.25, 0.3) is 0 Å². The van der Waals surface area contributed by atoms with Crippen LogP contribution in [0, 0.1) is 0 Å². The maximum atomic E-state index is 11.2. The number of aliphatic hydroxyl groups excluding tert-OH is 20. The highest BCUT2D eigenvalue weighted by molar-refractivity contribution is 6.58. The number of hydrogen-bond donors (Lipinski definition) is 27. The van der Waals surface area contributed by atoms with Crippen LogP contribution in [0.2, 0.25) is 18.1 Å². The summed E-state index contributed by atoms with van der Waals surface area (Å²) in [6.45, 7) is 0.679. The van der Waals surface area contributed by atoms with Gasteiger partial charge in [-0.2, -0.15) is 0 Å². The zero-order valence-corrected chi connectivity index (χ0v) is 50.0. The van der Waals surface area contributed by atoms with Crippen molar-refractivity contribution < 1.29 is 149 Å². The molecule has 3 aromatic rings. The molecule has 0 aromatic heterocycles. The summed E-state index contributed by atoms with van der Waals surface area (Å²) in [5, 5.41) is 219. The zero-order chi connectivity index (χ0) is 65.3. The minimum absolute atomic E-state index is 0.0279. The van der Waals surface area contributed by atoms with Crippen LogP contribution in [0.5, 0.6) is 0 Å². The molecule has 1 heterocycles. The van der Waals surface area contributed by atoms with Crippen LogP contribution >= 0.6 is 0 Å². The fourth-order valence-electron chi connectivity index (χ4n) is 11.1. The molecule has 36 heteroatoms. The zero-order valence-electron chi connectivity index (χ0n) is 47.0. The molecule has 4 aliphatic rings. The van der Waals surface area contributed by atoms with Crippen molar-refractivity contribution in [2.75, 3.05) is 34.7 Å². The van der Waals surface area contributed by atoms with Crippen LogP contribution in [-0.4, -0.2) is 323 Å². The Balaban J connectivity index is 1.06. The fraction of sp³-hybridized carbons (Fsp3) is 0.654. The summed E-state index contributed by atoms with van der Waals surface area (Å²) >= 11 is 0. The highest BCUT2D eigenvalue weighted by atomic mass is 28.4. The van der Waals surface area contributed by atoms with Gasteiger partial charge >= 0.3 is 26.4 Å². The van der Waals surface area contributed by atoms with Gasteiger partial charge < -0.3 is 164 Å². The van der Waals surface area contributed by atoms with E-state index in [0.29, 0.717) is 33.8 Å². The summed E-state index contributed by atoms with van der Waals surface area (Å²) in [7, 11) is -14.9. The predicted molar refractivity (Wildman–Crippen MR) is 303 cm³/mol. The van der Waals surface area contributed by atoms with Crippen LogP contribution in [0.25, 0.3) is 0 Å². The highest BCUT2D eigenvalue weighted by Crippen LogP contribution is 2.35. The molecule has 3 saturated carbocycles. The third-order valence-corrected chi connectivity index (χ3v) is 21.4. The Morgan fingerprint density at radius 1 is 0.341 bits per heavy atom. The van der Waals surface area contributed by atoms with E-state index in [1.165, 1.54) is 0 Å². The van der Waals surface area contributed by atoms with Crippen molar-refractivity contribution in [3.05, 3.63) is 89.5 Å². The fourth-order valence-corrected chi connectivity index (χ4v) is 15.4. The summed E-state index contributed by atoms with van der Waals surface area (Å²) in [6.07, 6.45) is -50.0. The van der Waals surface area contributed by atoms with Crippen LogP contribution in [0.3, 0.4) is 0 Å². The lowest BCUT2D eigenvalue weighted by molar-refractivity contribution is -0.320. The molecule has 7 rings (SSSR count). The van der Waals surface area contributed by atoms with E-state index in [4.69, 9.17) is 13.3 Å². The average molecular weight is 1310 g/mol. The Labute approximate surface area is 505 Å². The number of anilines is 3. The quantitative estimate of drug-likeness (QED) is 0.0415. The third-order valence-electron chi connectivity index (χ3n) is 16.7. The molecule has 4 fully saturated rings. The molecular weight excluding hydrogens is 1230 g/mol. The molecule has 33 nitrogen and oxygen atoms in total. The Morgan fingerprint density at radius 2 is 0.648 bits per heavy atom.